The summed E-state index contributed by atoms with van der Waals surface area (Å²) in [5, 5.41) is 0. The van der Waals surface area contributed by atoms with Crippen molar-refractivity contribution in [2.75, 3.05) is 6.61 Å². The Morgan fingerprint density at radius 3 is 2.54 bits per heavy atom. The molecule has 2 heteroatoms. The summed E-state index contributed by atoms with van der Waals surface area (Å²) in [6, 6.07) is 0. The normalized spacial score (nSPS) is 38.5. The van der Waals surface area contributed by atoms with Crippen molar-refractivity contribution in [3.63, 3.8) is 0 Å². The lowest BCUT2D eigenvalue weighted by Gasteiger charge is -2.34. The lowest BCUT2D eigenvalue weighted by atomic mass is 10.0. The van der Waals surface area contributed by atoms with E-state index in [0.717, 1.165) is 17.4 Å². The van der Waals surface area contributed by atoms with Crippen molar-refractivity contribution in [1.82, 2.24) is 0 Å². The highest BCUT2D eigenvalue weighted by molar-refractivity contribution is 6.72. The van der Waals surface area contributed by atoms with Crippen molar-refractivity contribution in [2.24, 2.45) is 11.8 Å². The van der Waals surface area contributed by atoms with Crippen molar-refractivity contribution < 1.29 is 4.43 Å². The number of rotatable bonds is 3. The van der Waals surface area contributed by atoms with E-state index in [1.54, 1.807) is 0 Å². The highest BCUT2D eigenvalue weighted by Crippen LogP contribution is 2.55. The van der Waals surface area contributed by atoms with Gasteiger partial charge in [-0.25, -0.2) is 0 Å². The van der Waals surface area contributed by atoms with Gasteiger partial charge in [-0.05, 0) is 50.2 Å². The van der Waals surface area contributed by atoms with Crippen LogP contribution in [0.3, 0.4) is 0 Å². The quantitative estimate of drug-likeness (QED) is 0.631. The summed E-state index contributed by atoms with van der Waals surface area (Å²) in [5.74, 6) is 2.06. The second-order valence-corrected chi connectivity index (χ2v) is 9.47. The van der Waals surface area contributed by atoms with Gasteiger partial charge in [0.25, 0.3) is 0 Å². The van der Waals surface area contributed by atoms with Gasteiger partial charge in [-0.1, -0.05) is 12.8 Å². The SMILES string of the molecule is [CH2]CO[Si](C)(C)C1CC2CCC1C2. The van der Waals surface area contributed by atoms with Crippen LogP contribution < -0.4 is 0 Å². The van der Waals surface area contributed by atoms with Crippen LogP contribution in [0.5, 0.6) is 0 Å². The van der Waals surface area contributed by atoms with E-state index in [4.69, 9.17) is 4.43 Å². The molecular weight excluding hydrogens is 176 g/mol. The van der Waals surface area contributed by atoms with Crippen LogP contribution in [0.25, 0.3) is 0 Å². The lowest BCUT2D eigenvalue weighted by molar-refractivity contribution is 0.317. The molecule has 2 rings (SSSR count). The molecular formula is C11H21OSi. The molecule has 2 fully saturated rings. The third-order valence-corrected chi connectivity index (χ3v) is 7.55. The molecule has 0 spiro atoms. The van der Waals surface area contributed by atoms with Crippen LogP contribution >= 0.6 is 0 Å². The van der Waals surface area contributed by atoms with Crippen molar-refractivity contribution >= 4 is 8.32 Å². The second-order valence-electron chi connectivity index (χ2n) is 5.23. The molecule has 0 aromatic rings. The van der Waals surface area contributed by atoms with Gasteiger partial charge >= 0.3 is 0 Å². The Bertz CT molecular complexity index is 191. The average Bonchev–Trinajstić information content (AvgIpc) is 2.63. The van der Waals surface area contributed by atoms with E-state index in [-0.39, 0.29) is 0 Å². The van der Waals surface area contributed by atoms with Crippen LogP contribution in [-0.2, 0) is 4.43 Å². The largest absolute Gasteiger partial charge is 0.417 e. The van der Waals surface area contributed by atoms with Crippen molar-refractivity contribution in [1.29, 1.82) is 0 Å². The number of fused-ring (bicyclic) bond motifs is 2. The molecule has 2 bridgehead atoms. The molecule has 3 atom stereocenters. The lowest BCUT2D eigenvalue weighted by Crippen LogP contribution is -2.39. The molecule has 0 aliphatic heterocycles. The van der Waals surface area contributed by atoms with Gasteiger partial charge in [-0.2, -0.15) is 0 Å². The summed E-state index contributed by atoms with van der Waals surface area (Å²) >= 11 is 0. The molecule has 0 aromatic carbocycles. The van der Waals surface area contributed by atoms with E-state index >= 15 is 0 Å². The minimum atomic E-state index is -1.39. The molecule has 1 nitrogen and oxygen atoms in total. The maximum Gasteiger partial charge on any atom is 0.190 e. The maximum absolute atomic E-state index is 5.89. The molecule has 1 radical (unpaired) electrons. The summed E-state index contributed by atoms with van der Waals surface area (Å²) in [6.07, 6.45) is 5.94. The first-order valence-corrected chi connectivity index (χ1v) is 8.55. The third kappa shape index (κ3) is 1.71. The number of hydrogen-bond acceptors (Lipinski definition) is 1. The Kier molecular flexibility index (Phi) is 2.54. The van der Waals surface area contributed by atoms with Gasteiger partial charge in [0.05, 0.1) is 0 Å². The standard InChI is InChI=1S/C11H21OSi/c1-4-12-13(2,3)11-8-9-5-6-10(11)7-9/h9-11H,1,4-8H2,2-3H3. The fourth-order valence-electron chi connectivity index (χ4n) is 3.47. The van der Waals surface area contributed by atoms with E-state index in [9.17, 15) is 0 Å². The monoisotopic (exact) mass is 197 g/mol. The average molecular weight is 197 g/mol. The smallest absolute Gasteiger partial charge is 0.190 e. The minimum Gasteiger partial charge on any atom is -0.417 e. The van der Waals surface area contributed by atoms with Gasteiger partial charge in [0.1, 0.15) is 0 Å². The molecule has 0 N–H and O–H groups in total. The van der Waals surface area contributed by atoms with Gasteiger partial charge in [0.15, 0.2) is 8.32 Å². The summed E-state index contributed by atoms with van der Waals surface area (Å²) in [6.45, 7) is 9.25. The first kappa shape index (κ1) is 9.72. The van der Waals surface area contributed by atoms with E-state index in [1.165, 1.54) is 25.7 Å². The Balaban J connectivity index is 2.01. The van der Waals surface area contributed by atoms with Crippen LogP contribution in [0.15, 0.2) is 0 Å². The van der Waals surface area contributed by atoms with Crippen molar-refractivity contribution in [2.45, 2.75) is 44.3 Å². The van der Waals surface area contributed by atoms with Gasteiger partial charge in [-0.3, -0.25) is 0 Å². The first-order valence-electron chi connectivity index (χ1n) is 5.56. The zero-order valence-corrected chi connectivity index (χ0v) is 9.88. The zero-order chi connectivity index (χ0) is 9.47. The molecule has 2 saturated carbocycles. The van der Waals surface area contributed by atoms with E-state index < -0.39 is 8.32 Å². The molecule has 0 amide bonds. The molecule has 0 saturated heterocycles. The summed E-state index contributed by atoms with van der Waals surface area (Å²) in [4.78, 5) is 0. The molecule has 0 aromatic heterocycles. The highest BCUT2D eigenvalue weighted by atomic mass is 28.4. The summed E-state index contributed by atoms with van der Waals surface area (Å²) < 4.78 is 5.89. The molecule has 2 aliphatic rings. The Morgan fingerprint density at radius 1 is 1.31 bits per heavy atom. The van der Waals surface area contributed by atoms with Gasteiger partial charge < -0.3 is 4.43 Å². The fraction of sp³-hybridized carbons (Fsp3) is 0.909. The van der Waals surface area contributed by atoms with Gasteiger partial charge in [0.2, 0.25) is 0 Å². The predicted molar refractivity (Wildman–Crippen MR) is 58.0 cm³/mol. The van der Waals surface area contributed by atoms with Crippen LogP contribution in [0, 0.1) is 18.8 Å². The minimum absolute atomic E-state index is 0.674. The fourth-order valence-corrected chi connectivity index (χ4v) is 6.55. The van der Waals surface area contributed by atoms with Gasteiger partial charge in [0, 0.05) is 6.61 Å². The molecule has 3 unspecified atom stereocenters. The summed E-state index contributed by atoms with van der Waals surface area (Å²) in [5.41, 5.74) is 0.938. The maximum atomic E-state index is 5.89. The molecule has 13 heavy (non-hydrogen) atoms. The van der Waals surface area contributed by atoms with Crippen LogP contribution in [0.2, 0.25) is 18.6 Å². The van der Waals surface area contributed by atoms with Crippen LogP contribution in [-0.4, -0.2) is 14.9 Å². The Morgan fingerprint density at radius 2 is 2.08 bits per heavy atom. The molecule has 0 heterocycles. The Labute approximate surface area is 83.0 Å². The van der Waals surface area contributed by atoms with Crippen molar-refractivity contribution in [3.05, 3.63) is 6.92 Å². The second kappa shape index (κ2) is 3.39. The van der Waals surface area contributed by atoms with E-state index in [2.05, 4.69) is 20.0 Å². The van der Waals surface area contributed by atoms with E-state index in [1.807, 2.05) is 0 Å². The van der Waals surface area contributed by atoms with Crippen LogP contribution in [0.4, 0.5) is 0 Å². The van der Waals surface area contributed by atoms with Gasteiger partial charge in [-0.15, -0.1) is 0 Å². The number of hydrogen-bond donors (Lipinski definition) is 0. The van der Waals surface area contributed by atoms with Crippen molar-refractivity contribution in [3.8, 4) is 0 Å². The molecule has 2 aliphatic carbocycles. The zero-order valence-electron chi connectivity index (χ0n) is 8.88. The predicted octanol–water partition coefficient (Wildman–Crippen LogP) is 3.23. The van der Waals surface area contributed by atoms with E-state index in [0.29, 0.717) is 6.61 Å². The summed E-state index contributed by atoms with van der Waals surface area (Å²) in [7, 11) is -1.39. The third-order valence-electron chi connectivity index (χ3n) is 4.11. The molecule has 75 valence electrons. The topological polar surface area (TPSA) is 9.23 Å². The Hall–Kier alpha value is 0.177. The first-order chi connectivity index (χ1) is 6.13. The van der Waals surface area contributed by atoms with Crippen LogP contribution in [0.1, 0.15) is 25.7 Å². The highest BCUT2D eigenvalue weighted by Gasteiger charge is 2.48.